The molecule has 0 saturated heterocycles. The van der Waals surface area contributed by atoms with Gasteiger partial charge in [-0.15, -0.1) is 0 Å². The number of hydrogen-bond acceptors (Lipinski definition) is 6. The van der Waals surface area contributed by atoms with Crippen LogP contribution in [-0.2, 0) is 4.79 Å². The molecule has 38 heavy (non-hydrogen) atoms. The van der Waals surface area contributed by atoms with Crippen LogP contribution < -0.4 is 5.32 Å². The average molecular weight is 508 g/mol. The summed E-state index contributed by atoms with van der Waals surface area (Å²) in [5.74, 6) is -0.272. The largest absolute Gasteiger partial charge is 0.508 e. The van der Waals surface area contributed by atoms with E-state index in [0.717, 1.165) is 34.5 Å². The molecule has 2 aromatic carbocycles. The minimum Gasteiger partial charge on any atom is -0.508 e. The molecule has 0 radical (unpaired) electrons. The van der Waals surface area contributed by atoms with Crippen LogP contribution in [0.1, 0.15) is 19.8 Å². The number of aromatic amines is 2. The van der Waals surface area contributed by atoms with Crippen molar-refractivity contribution in [2.45, 2.75) is 19.8 Å². The third kappa shape index (κ3) is 4.32. The number of halogens is 1. The number of nitrogens with zero attached hydrogens (tertiary/aromatic N) is 4. The predicted molar refractivity (Wildman–Crippen MR) is 143 cm³/mol. The second kappa shape index (κ2) is 9.40. The Morgan fingerprint density at radius 3 is 2.79 bits per heavy atom. The summed E-state index contributed by atoms with van der Waals surface area (Å²) in [6.07, 6.45) is 6.16. The van der Waals surface area contributed by atoms with E-state index in [-0.39, 0.29) is 11.7 Å². The standard InChI is InChI=1S/C28H22FN7O2/c1-2-3-24(38)32-19-9-17(13-30-14-19)15-4-5-23-22(11-15)26(36-35-23)28-33-25-21(6-7-31-27(25)34-28)16-8-18(29)12-20(37)10-16/h4-14,37H,2-3H2,1H3,(H,32,38)(H,35,36)(H,31,33,34). The molecule has 6 aromatic rings. The number of aromatic nitrogens is 6. The van der Waals surface area contributed by atoms with Gasteiger partial charge in [0.2, 0.25) is 5.91 Å². The molecule has 0 unspecified atom stereocenters. The van der Waals surface area contributed by atoms with Crippen LogP contribution in [0.3, 0.4) is 0 Å². The maximum Gasteiger partial charge on any atom is 0.224 e. The van der Waals surface area contributed by atoms with Gasteiger partial charge >= 0.3 is 0 Å². The molecule has 0 saturated carbocycles. The lowest BCUT2D eigenvalue weighted by Crippen LogP contribution is -2.10. The molecule has 9 nitrogen and oxygen atoms in total. The number of pyridine rings is 2. The lowest BCUT2D eigenvalue weighted by atomic mass is 10.0. The smallest absolute Gasteiger partial charge is 0.224 e. The highest BCUT2D eigenvalue weighted by Gasteiger charge is 2.17. The van der Waals surface area contributed by atoms with Crippen LogP contribution in [0.25, 0.3) is 55.8 Å². The van der Waals surface area contributed by atoms with Crippen LogP contribution in [-0.4, -0.2) is 41.1 Å². The highest BCUT2D eigenvalue weighted by atomic mass is 19.1. The SMILES string of the molecule is CCCC(=O)Nc1cncc(-c2ccc3[nH]nc(-c4nc5nccc(-c6cc(O)cc(F)c6)c5[nH]4)c3c2)c1. The molecule has 0 aliphatic rings. The van der Waals surface area contributed by atoms with Crippen LogP contribution in [0.4, 0.5) is 10.1 Å². The number of H-pyrrole nitrogens is 2. The first-order chi connectivity index (χ1) is 18.5. The Hall–Kier alpha value is -5.12. The van der Waals surface area contributed by atoms with Gasteiger partial charge in [-0.3, -0.25) is 14.9 Å². The average Bonchev–Trinajstić information content (AvgIpc) is 3.52. The first-order valence-corrected chi connectivity index (χ1v) is 12.1. The third-order valence-electron chi connectivity index (χ3n) is 6.21. The van der Waals surface area contributed by atoms with Gasteiger partial charge in [0.1, 0.15) is 17.3 Å². The van der Waals surface area contributed by atoms with Gasteiger partial charge in [0.25, 0.3) is 0 Å². The van der Waals surface area contributed by atoms with E-state index in [2.05, 4.69) is 35.5 Å². The van der Waals surface area contributed by atoms with Crippen LogP contribution in [0.5, 0.6) is 5.75 Å². The zero-order chi connectivity index (χ0) is 26.2. The number of imidazole rings is 1. The van der Waals surface area contributed by atoms with E-state index in [4.69, 9.17) is 0 Å². The van der Waals surface area contributed by atoms with Gasteiger partial charge in [0.05, 0.1) is 22.9 Å². The number of carbonyl (C=O) groups excluding carboxylic acids is 1. The van der Waals surface area contributed by atoms with E-state index in [1.807, 2.05) is 31.2 Å². The maximum atomic E-state index is 14.0. The summed E-state index contributed by atoms with van der Waals surface area (Å²) >= 11 is 0. The highest BCUT2D eigenvalue weighted by molar-refractivity contribution is 5.98. The molecule has 10 heteroatoms. The summed E-state index contributed by atoms with van der Waals surface area (Å²) in [6, 6.07) is 13.4. The lowest BCUT2D eigenvalue weighted by Gasteiger charge is -2.07. The predicted octanol–water partition coefficient (Wildman–Crippen LogP) is 5.81. The zero-order valence-corrected chi connectivity index (χ0v) is 20.3. The molecule has 6 rings (SSSR count). The number of carbonyl (C=O) groups is 1. The zero-order valence-electron chi connectivity index (χ0n) is 20.3. The summed E-state index contributed by atoms with van der Waals surface area (Å²) < 4.78 is 14.0. The van der Waals surface area contributed by atoms with Crippen molar-refractivity contribution in [2.75, 3.05) is 5.32 Å². The number of amides is 1. The normalized spacial score (nSPS) is 11.3. The first-order valence-electron chi connectivity index (χ1n) is 12.1. The number of hydrogen-bond donors (Lipinski definition) is 4. The van der Waals surface area contributed by atoms with E-state index >= 15 is 0 Å². The lowest BCUT2D eigenvalue weighted by molar-refractivity contribution is -0.116. The second-order valence-corrected chi connectivity index (χ2v) is 8.93. The Kier molecular flexibility index (Phi) is 5.76. The quantitative estimate of drug-likeness (QED) is 0.225. The molecule has 0 spiro atoms. The van der Waals surface area contributed by atoms with Crippen LogP contribution in [0.2, 0.25) is 0 Å². The fourth-order valence-corrected chi connectivity index (χ4v) is 4.48. The summed E-state index contributed by atoms with van der Waals surface area (Å²) in [5.41, 5.74) is 5.95. The molecule has 4 heterocycles. The van der Waals surface area contributed by atoms with Crippen molar-refractivity contribution in [3.05, 3.63) is 72.9 Å². The number of rotatable bonds is 6. The van der Waals surface area contributed by atoms with Crippen molar-refractivity contribution >= 4 is 33.7 Å². The molecule has 0 fully saturated rings. The summed E-state index contributed by atoms with van der Waals surface area (Å²) in [4.78, 5) is 28.6. The Morgan fingerprint density at radius 1 is 1.05 bits per heavy atom. The summed E-state index contributed by atoms with van der Waals surface area (Å²) in [6.45, 7) is 1.96. The number of nitrogens with one attached hydrogen (secondary N) is 3. The van der Waals surface area contributed by atoms with Gasteiger partial charge in [-0.1, -0.05) is 13.0 Å². The molecule has 4 aromatic heterocycles. The molecule has 0 aliphatic carbocycles. The van der Waals surface area contributed by atoms with E-state index in [0.29, 0.717) is 45.9 Å². The topological polar surface area (TPSA) is 132 Å². The van der Waals surface area contributed by atoms with Gasteiger partial charge in [0, 0.05) is 41.4 Å². The molecule has 188 valence electrons. The van der Waals surface area contributed by atoms with Crippen LogP contribution in [0.15, 0.2) is 67.1 Å². The van der Waals surface area contributed by atoms with Crippen molar-refractivity contribution in [1.29, 1.82) is 0 Å². The monoisotopic (exact) mass is 507 g/mol. The van der Waals surface area contributed by atoms with Gasteiger partial charge in [-0.2, -0.15) is 5.10 Å². The maximum absolute atomic E-state index is 14.0. The number of anilines is 1. The van der Waals surface area contributed by atoms with Crippen molar-refractivity contribution in [1.82, 2.24) is 30.1 Å². The number of aromatic hydroxyl groups is 1. The van der Waals surface area contributed by atoms with Crippen LogP contribution in [0, 0.1) is 5.82 Å². The molecule has 0 aliphatic heterocycles. The number of fused-ring (bicyclic) bond motifs is 2. The van der Waals surface area contributed by atoms with Gasteiger partial charge in [0.15, 0.2) is 11.5 Å². The molecular weight excluding hydrogens is 485 g/mol. The van der Waals surface area contributed by atoms with E-state index in [1.54, 1.807) is 24.7 Å². The number of benzene rings is 2. The molecule has 4 N–H and O–H groups in total. The second-order valence-electron chi connectivity index (χ2n) is 8.93. The highest BCUT2D eigenvalue weighted by Crippen LogP contribution is 2.34. The summed E-state index contributed by atoms with van der Waals surface area (Å²) in [7, 11) is 0. The number of phenolic OH excluding ortho intramolecular Hbond substituents is 1. The minimum absolute atomic E-state index is 0.0506. The Morgan fingerprint density at radius 2 is 1.95 bits per heavy atom. The van der Waals surface area contributed by atoms with E-state index in [9.17, 15) is 14.3 Å². The van der Waals surface area contributed by atoms with Gasteiger partial charge in [-0.25, -0.2) is 14.4 Å². The molecule has 1 amide bonds. The molecule has 0 atom stereocenters. The Labute approximate surface area is 215 Å². The van der Waals surface area contributed by atoms with Crippen molar-refractivity contribution in [2.24, 2.45) is 0 Å². The fourth-order valence-electron chi connectivity index (χ4n) is 4.48. The Balaban J connectivity index is 1.41. The van der Waals surface area contributed by atoms with Gasteiger partial charge < -0.3 is 15.4 Å². The third-order valence-corrected chi connectivity index (χ3v) is 6.21. The molecular formula is C28H22FN7O2. The van der Waals surface area contributed by atoms with E-state index in [1.165, 1.54) is 12.1 Å². The van der Waals surface area contributed by atoms with E-state index < -0.39 is 5.82 Å². The fraction of sp³-hybridized carbons (Fsp3) is 0.107. The Bertz CT molecular complexity index is 1810. The van der Waals surface area contributed by atoms with Crippen molar-refractivity contribution in [3.8, 4) is 39.5 Å². The first kappa shape index (κ1) is 23.3. The van der Waals surface area contributed by atoms with Crippen LogP contribution >= 0.6 is 0 Å². The number of phenols is 1. The summed E-state index contributed by atoms with van der Waals surface area (Å²) in [5, 5.41) is 21.1. The van der Waals surface area contributed by atoms with Crippen molar-refractivity contribution in [3.63, 3.8) is 0 Å². The van der Waals surface area contributed by atoms with Gasteiger partial charge in [-0.05, 0) is 53.9 Å². The minimum atomic E-state index is -0.543. The molecule has 0 bridgehead atoms. The van der Waals surface area contributed by atoms with Crippen molar-refractivity contribution < 1.29 is 14.3 Å².